The lowest BCUT2D eigenvalue weighted by Gasteiger charge is -2.11. The van der Waals surface area contributed by atoms with Crippen molar-refractivity contribution in [1.29, 1.82) is 0 Å². The third-order valence-electron chi connectivity index (χ3n) is 1.64. The molecule has 0 bridgehead atoms. The zero-order valence-corrected chi connectivity index (χ0v) is 5.89. The van der Waals surface area contributed by atoms with E-state index in [1.807, 2.05) is 13.0 Å². The molecule has 1 unspecified atom stereocenters. The van der Waals surface area contributed by atoms with Gasteiger partial charge in [-0.3, -0.25) is 0 Å². The summed E-state index contributed by atoms with van der Waals surface area (Å²) in [5.41, 5.74) is 1.01. The average Bonchev–Trinajstić information content (AvgIpc) is 1.80. The normalized spacial score (nSPS) is 27.1. The summed E-state index contributed by atoms with van der Waals surface area (Å²) in [6.07, 6.45) is 5.03. The van der Waals surface area contributed by atoms with Gasteiger partial charge in [0.25, 0.3) is 0 Å². The van der Waals surface area contributed by atoms with E-state index in [0.29, 0.717) is 11.7 Å². The summed E-state index contributed by atoms with van der Waals surface area (Å²) in [4.78, 5) is 0. The molecule has 0 aromatic carbocycles. The lowest BCUT2D eigenvalue weighted by Crippen LogP contribution is -1.98. The molecule has 0 saturated heterocycles. The molecule has 1 aliphatic carbocycles. The maximum Gasteiger partial charge on any atom is 0.114 e. The van der Waals surface area contributed by atoms with Crippen LogP contribution in [-0.4, -0.2) is 5.11 Å². The Kier molecular flexibility index (Phi) is 1.60. The first-order chi connectivity index (χ1) is 4.20. The summed E-state index contributed by atoms with van der Waals surface area (Å²) >= 11 is 0. The highest BCUT2D eigenvalue weighted by Gasteiger charge is 2.06. The molecule has 1 rings (SSSR count). The van der Waals surface area contributed by atoms with E-state index >= 15 is 0 Å². The number of aliphatic hydroxyl groups excluding tert-OH is 1. The van der Waals surface area contributed by atoms with Gasteiger partial charge in [0.15, 0.2) is 0 Å². The molecule has 1 heteroatoms. The van der Waals surface area contributed by atoms with Gasteiger partial charge >= 0.3 is 0 Å². The predicted octanol–water partition coefficient (Wildman–Crippen LogP) is 2.41. The molecule has 1 nitrogen and oxygen atoms in total. The van der Waals surface area contributed by atoms with Gasteiger partial charge in [-0.2, -0.15) is 0 Å². The molecule has 0 fully saturated rings. The first-order valence-corrected chi connectivity index (χ1v) is 3.28. The van der Waals surface area contributed by atoms with Crippen molar-refractivity contribution in [2.24, 2.45) is 5.92 Å². The summed E-state index contributed by atoms with van der Waals surface area (Å²) in [6, 6.07) is 0. The Balaban J connectivity index is 2.75. The molecule has 0 heterocycles. The van der Waals surface area contributed by atoms with Crippen molar-refractivity contribution < 1.29 is 5.11 Å². The molecule has 0 saturated carbocycles. The largest absolute Gasteiger partial charge is 0.508 e. The van der Waals surface area contributed by atoms with Crippen molar-refractivity contribution in [1.82, 2.24) is 0 Å². The van der Waals surface area contributed by atoms with Crippen LogP contribution in [0, 0.1) is 5.92 Å². The molecule has 0 aromatic rings. The van der Waals surface area contributed by atoms with Gasteiger partial charge < -0.3 is 5.11 Å². The van der Waals surface area contributed by atoms with E-state index in [9.17, 15) is 0 Å². The van der Waals surface area contributed by atoms with E-state index in [4.69, 9.17) is 5.11 Å². The Morgan fingerprint density at radius 1 is 1.67 bits per heavy atom. The summed E-state index contributed by atoms with van der Waals surface area (Å²) < 4.78 is 0. The van der Waals surface area contributed by atoms with E-state index < -0.39 is 0 Å². The van der Waals surface area contributed by atoms with Gasteiger partial charge in [0.1, 0.15) is 5.76 Å². The van der Waals surface area contributed by atoms with Crippen LogP contribution in [0.4, 0.5) is 0 Å². The Morgan fingerprint density at radius 3 is 2.78 bits per heavy atom. The van der Waals surface area contributed by atoms with E-state index in [1.165, 1.54) is 0 Å². The Hall–Kier alpha value is -0.720. The Bertz CT molecular complexity index is 165. The fraction of sp³-hybridized carbons (Fsp3) is 0.500. The number of aliphatic hydroxyl groups is 1. The van der Waals surface area contributed by atoms with Crippen LogP contribution in [0.5, 0.6) is 0 Å². The monoisotopic (exact) mass is 124 g/mol. The summed E-state index contributed by atoms with van der Waals surface area (Å²) in [5.74, 6) is 0.961. The van der Waals surface area contributed by atoms with E-state index in [-0.39, 0.29) is 0 Å². The minimum absolute atomic E-state index is 0.453. The van der Waals surface area contributed by atoms with E-state index in [2.05, 4.69) is 13.0 Å². The maximum atomic E-state index is 9.14. The topological polar surface area (TPSA) is 20.2 Å². The van der Waals surface area contributed by atoms with Gasteiger partial charge in [0.2, 0.25) is 0 Å². The van der Waals surface area contributed by atoms with Crippen molar-refractivity contribution in [3.05, 3.63) is 23.5 Å². The lowest BCUT2D eigenvalue weighted by molar-refractivity contribution is 0.410. The highest BCUT2D eigenvalue weighted by molar-refractivity contribution is 5.26. The van der Waals surface area contributed by atoms with Crippen molar-refractivity contribution in [2.75, 3.05) is 0 Å². The summed E-state index contributed by atoms with van der Waals surface area (Å²) in [6.45, 7) is 4.02. The lowest BCUT2D eigenvalue weighted by atomic mass is 9.98. The summed E-state index contributed by atoms with van der Waals surface area (Å²) in [5, 5.41) is 9.14. The van der Waals surface area contributed by atoms with Gasteiger partial charge in [-0.05, 0) is 30.9 Å². The van der Waals surface area contributed by atoms with Crippen molar-refractivity contribution in [3.8, 4) is 0 Å². The van der Waals surface area contributed by atoms with Gasteiger partial charge in [0, 0.05) is 0 Å². The summed E-state index contributed by atoms with van der Waals surface area (Å²) in [7, 11) is 0. The van der Waals surface area contributed by atoms with E-state index in [0.717, 1.165) is 12.0 Å². The zero-order valence-electron chi connectivity index (χ0n) is 5.89. The Morgan fingerprint density at radius 2 is 2.33 bits per heavy atom. The van der Waals surface area contributed by atoms with Crippen LogP contribution in [0.1, 0.15) is 20.3 Å². The number of hydrogen-bond acceptors (Lipinski definition) is 1. The van der Waals surface area contributed by atoms with Gasteiger partial charge in [-0.25, -0.2) is 0 Å². The second-order valence-corrected chi connectivity index (χ2v) is 2.65. The maximum absolute atomic E-state index is 9.14. The SMILES string of the molecule is CC1=CCC(C)C=C1O. The van der Waals surface area contributed by atoms with Crippen LogP contribution in [0.3, 0.4) is 0 Å². The molecule has 0 radical (unpaired) electrons. The minimum atomic E-state index is 0.453. The van der Waals surface area contributed by atoms with Crippen molar-refractivity contribution in [2.45, 2.75) is 20.3 Å². The fourth-order valence-electron chi connectivity index (χ4n) is 0.936. The highest BCUT2D eigenvalue weighted by atomic mass is 16.3. The third-order valence-corrected chi connectivity index (χ3v) is 1.64. The molecule has 50 valence electrons. The minimum Gasteiger partial charge on any atom is -0.508 e. The van der Waals surface area contributed by atoms with Crippen LogP contribution < -0.4 is 0 Å². The number of allylic oxidation sites excluding steroid dienone is 3. The molecule has 1 atom stereocenters. The third kappa shape index (κ3) is 1.35. The predicted molar refractivity (Wildman–Crippen MR) is 38.2 cm³/mol. The van der Waals surface area contributed by atoms with Gasteiger partial charge in [0.05, 0.1) is 0 Å². The van der Waals surface area contributed by atoms with Crippen LogP contribution >= 0.6 is 0 Å². The molecular weight excluding hydrogens is 112 g/mol. The van der Waals surface area contributed by atoms with Gasteiger partial charge in [-0.15, -0.1) is 0 Å². The molecule has 0 amide bonds. The van der Waals surface area contributed by atoms with E-state index in [1.54, 1.807) is 0 Å². The zero-order chi connectivity index (χ0) is 6.85. The molecule has 9 heavy (non-hydrogen) atoms. The van der Waals surface area contributed by atoms with Crippen LogP contribution in [0.25, 0.3) is 0 Å². The molecule has 1 N–H and O–H groups in total. The van der Waals surface area contributed by atoms with Crippen molar-refractivity contribution >= 4 is 0 Å². The molecular formula is C8H12O. The fourth-order valence-corrected chi connectivity index (χ4v) is 0.936. The second kappa shape index (κ2) is 2.26. The smallest absolute Gasteiger partial charge is 0.114 e. The Labute approximate surface area is 55.7 Å². The first kappa shape index (κ1) is 6.40. The molecule has 1 aliphatic rings. The standard InChI is InChI=1S/C8H12O/c1-6-3-4-7(2)8(9)5-6/h4-6,9H,3H2,1-2H3. The van der Waals surface area contributed by atoms with Crippen LogP contribution in [-0.2, 0) is 0 Å². The number of hydrogen-bond donors (Lipinski definition) is 1. The van der Waals surface area contributed by atoms with Crippen LogP contribution in [0.15, 0.2) is 23.5 Å². The molecule has 0 spiro atoms. The second-order valence-electron chi connectivity index (χ2n) is 2.65. The molecule has 0 aliphatic heterocycles. The quantitative estimate of drug-likeness (QED) is 0.525. The number of rotatable bonds is 0. The van der Waals surface area contributed by atoms with Crippen molar-refractivity contribution in [3.63, 3.8) is 0 Å². The molecule has 0 aromatic heterocycles. The van der Waals surface area contributed by atoms with Gasteiger partial charge in [-0.1, -0.05) is 13.0 Å². The average molecular weight is 124 g/mol. The highest BCUT2D eigenvalue weighted by Crippen LogP contribution is 2.19. The van der Waals surface area contributed by atoms with Crippen LogP contribution in [0.2, 0.25) is 0 Å². The first-order valence-electron chi connectivity index (χ1n) is 3.28.